The second-order valence-electron chi connectivity index (χ2n) is 4.82. The van der Waals surface area contributed by atoms with Gasteiger partial charge in [-0.1, -0.05) is 6.92 Å². The van der Waals surface area contributed by atoms with Crippen LogP contribution in [-0.4, -0.2) is 62.2 Å². The molecule has 1 fully saturated rings. The van der Waals surface area contributed by atoms with Crippen molar-refractivity contribution in [2.75, 3.05) is 40.3 Å². The number of hydrogen-bond donors (Lipinski definition) is 1. The average Bonchev–Trinajstić information content (AvgIpc) is 2.34. The lowest BCUT2D eigenvalue weighted by atomic mass is 10.2. The van der Waals surface area contributed by atoms with Gasteiger partial charge in [0.1, 0.15) is 0 Å². The molecule has 0 amide bonds. The molecule has 1 N–H and O–H groups in total. The van der Waals surface area contributed by atoms with Crippen LogP contribution in [0.2, 0.25) is 0 Å². The van der Waals surface area contributed by atoms with Gasteiger partial charge < -0.3 is 10.2 Å². The first kappa shape index (κ1) is 12.9. The second-order valence-corrected chi connectivity index (χ2v) is 4.82. The van der Waals surface area contributed by atoms with E-state index in [1.165, 1.54) is 32.5 Å². The summed E-state index contributed by atoms with van der Waals surface area (Å²) >= 11 is 0. The Morgan fingerprint density at radius 1 is 1.40 bits per heavy atom. The minimum absolute atomic E-state index is 0.666. The summed E-state index contributed by atoms with van der Waals surface area (Å²) < 4.78 is 0. The van der Waals surface area contributed by atoms with Crippen molar-refractivity contribution in [3.05, 3.63) is 0 Å². The minimum Gasteiger partial charge on any atom is -0.318 e. The van der Waals surface area contributed by atoms with E-state index in [-0.39, 0.29) is 0 Å². The van der Waals surface area contributed by atoms with Gasteiger partial charge in [-0.15, -0.1) is 0 Å². The van der Waals surface area contributed by atoms with E-state index in [1.54, 1.807) is 0 Å². The van der Waals surface area contributed by atoms with Gasteiger partial charge in [0.2, 0.25) is 0 Å². The highest BCUT2D eigenvalue weighted by Crippen LogP contribution is 2.14. The van der Waals surface area contributed by atoms with Crippen LogP contribution >= 0.6 is 0 Å². The van der Waals surface area contributed by atoms with Crippen molar-refractivity contribution in [2.45, 2.75) is 38.8 Å². The summed E-state index contributed by atoms with van der Waals surface area (Å²) in [6.45, 7) is 9.44. The van der Waals surface area contributed by atoms with Gasteiger partial charge in [-0.25, -0.2) is 0 Å². The molecule has 1 aliphatic rings. The van der Waals surface area contributed by atoms with E-state index in [2.05, 4.69) is 36.0 Å². The number of nitrogens with one attached hydrogen (secondary N) is 1. The van der Waals surface area contributed by atoms with Crippen molar-refractivity contribution in [3.8, 4) is 0 Å². The molecule has 3 nitrogen and oxygen atoms in total. The normalized spacial score (nSPS) is 30.4. The third kappa shape index (κ3) is 3.74. The molecular formula is C12H27N3. The van der Waals surface area contributed by atoms with Crippen LogP contribution in [0.5, 0.6) is 0 Å². The molecule has 1 heterocycles. The van der Waals surface area contributed by atoms with Crippen molar-refractivity contribution >= 4 is 0 Å². The van der Waals surface area contributed by atoms with E-state index < -0.39 is 0 Å². The number of rotatable bonds is 4. The number of nitrogens with zero attached hydrogens (tertiary/aromatic N) is 2. The summed E-state index contributed by atoms with van der Waals surface area (Å²) in [5, 5.41) is 3.31. The van der Waals surface area contributed by atoms with Crippen LogP contribution in [0.15, 0.2) is 0 Å². The van der Waals surface area contributed by atoms with E-state index in [0.29, 0.717) is 12.1 Å². The molecule has 90 valence electrons. The van der Waals surface area contributed by atoms with Crippen molar-refractivity contribution in [3.63, 3.8) is 0 Å². The van der Waals surface area contributed by atoms with E-state index in [9.17, 15) is 0 Å². The van der Waals surface area contributed by atoms with Gasteiger partial charge in [-0.2, -0.15) is 0 Å². The van der Waals surface area contributed by atoms with Crippen molar-refractivity contribution in [1.29, 1.82) is 0 Å². The molecule has 1 rings (SSSR count). The molecule has 15 heavy (non-hydrogen) atoms. The molecule has 2 atom stereocenters. The van der Waals surface area contributed by atoms with Crippen LogP contribution in [-0.2, 0) is 0 Å². The van der Waals surface area contributed by atoms with Gasteiger partial charge in [0, 0.05) is 25.2 Å². The Labute approximate surface area is 94.8 Å². The molecule has 0 saturated carbocycles. The zero-order valence-electron chi connectivity index (χ0n) is 10.8. The first-order valence-electron chi connectivity index (χ1n) is 6.28. The highest BCUT2D eigenvalue weighted by molar-refractivity contribution is 4.83. The van der Waals surface area contributed by atoms with E-state index in [4.69, 9.17) is 0 Å². The minimum atomic E-state index is 0.666. The molecule has 0 bridgehead atoms. The third-order valence-corrected chi connectivity index (χ3v) is 3.58. The topological polar surface area (TPSA) is 18.5 Å². The predicted molar refractivity (Wildman–Crippen MR) is 66.3 cm³/mol. The summed E-state index contributed by atoms with van der Waals surface area (Å²) in [6.07, 6.45) is 2.57. The maximum absolute atomic E-state index is 3.31. The third-order valence-electron chi connectivity index (χ3n) is 3.58. The maximum Gasteiger partial charge on any atom is 0.0347 e. The summed E-state index contributed by atoms with van der Waals surface area (Å²) in [5.74, 6) is 0. The smallest absolute Gasteiger partial charge is 0.0347 e. The molecule has 1 saturated heterocycles. The summed E-state index contributed by atoms with van der Waals surface area (Å²) in [7, 11) is 4.32. The lowest BCUT2D eigenvalue weighted by Crippen LogP contribution is -2.47. The van der Waals surface area contributed by atoms with Crippen molar-refractivity contribution < 1.29 is 0 Å². The van der Waals surface area contributed by atoms with Gasteiger partial charge in [0.15, 0.2) is 0 Å². The SMILES string of the molecule is CCCN1CCC(C)N(C)C(CNC)C1. The van der Waals surface area contributed by atoms with Crippen molar-refractivity contribution in [2.24, 2.45) is 0 Å². The Kier molecular flexibility index (Phi) is 5.58. The van der Waals surface area contributed by atoms with Crippen LogP contribution in [0.3, 0.4) is 0 Å². The van der Waals surface area contributed by atoms with Crippen LogP contribution < -0.4 is 5.32 Å². The maximum atomic E-state index is 3.31. The summed E-state index contributed by atoms with van der Waals surface area (Å²) in [5.41, 5.74) is 0. The molecule has 1 aliphatic heterocycles. The zero-order valence-corrected chi connectivity index (χ0v) is 10.8. The average molecular weight is 213 g/mol. The molecule has 0 aromatic carbocycles. The van der Waals surface area contributed by atoms with Crippen LogP contribution in [0, 0.1) is 0 Å². The Bertz CT molecular complexity index is 172. The molecule has 0 radical (unpaired) electrons. The standard InChI is InChI=1S/C12H27N3/c1-5-7-15-8-6-11(2)14(4)12(10-15)9-13-3/h11-13H,5-10H2,1-4H3. The number of hydrogen-bond acceptors (Lipinski definition) is 3. The van der Waals surface area contributed by atoms with Crippen molar-refractivity contribution in [1.82, 2.24) is 15.1 Å². The first-order valence-corrected chi connectivity index (χ1v) is 6.28. The van der Waals surface area contributed by atoms with Crippen LogP contribution in [0.4, 0.5) is 0 Å². The molecule has 0 aromatic heterocycles. The van der Waals surface area contributed by atoms with Crippen LogP contribution in [0.25, 0.3) is 0 Å². The Morgan fingerprint density at radius 2 is 2.13 bits per heavy atom. The number of likely N-dealkylation sites (N-methyl/N-ethyl adjacent to an activating group) is 2. The largest absolute Gasteiger partial charge is 0.318 e. The predicted octanol–water partition coefficient (Wildman–Crippen LogP) is 1.01. The lowest BCUT2D eigenvalue weighted by molar-refractivity contribution is 0.174. The second kappa shape index (κ2) is 6.46. The lowest BCUT2D eigenvalue weighted by Gasteiger charge is -2.31. The van der Waals surface area contributed by atoms with Gasteiger partial charge in [-0.3, -0.25) is 4.90 Å². The van der Waals surface area contributed by atoms with Crippen LogP contribution in [0.1, 0.15) is 26.7 Å². The fourth-order valence-electron chi connectivity index (χ4n) is 2.41. The van der Waals surface area contributed by atoms with E-state index in [0.717, 1.165) is 6.54 Å². The molecular weight excluding hydrogens is 186 g/mol. The Morgan fingerprint density at radius 3 is 2.73 bits per heavy atom. The molecule has 0 aromatic rings. The summed E-state index contributed by atoms with van der Waals surface area (Å²) in [6, 6.07) is 1.38. The highest BCUT2D eigenvalue weighted by atomic mass is 15.3. The van der Waals surface area contributed by atoms with Gasteiger partial charge in [0.05, 0.1) is 0 Å². The molecule has 0 spiro atoms. The van der Waals surface area contributed by atoms with Gasteiger partial charge >= 0.3 is 0 Å². The highest BCUT2D eigenvalue weighted by Gasteiger charge is 2.25. The van der Waals surface area contributed by atoms with E-state index >= 15 is 0 Å². The molecule has 2 unspecified atom stereocenters. The van der Waals surface area contributed by atoms with E-state index in [1.807, 2.05) is 7.05 Å². The molecule has 3 heteroatoms. The first-order chi connectivity index (χ1) is 7.19. The quantitative estimate of drug-likeness (QED) is 0.752. The molecule has 0 aliphatic carbocycles. The fourth-order valence-corrected chi connectivity index (χ4v) is 2.41. The van der Waals surface area contributed by atoms with Gasteiger partial charge in [0.25, 0.3) is 0 Å². The fraction of sp³-hybridized carbons (Fsp3) is 1.00. The Hall–Kier alpha value is -0.120. The zero-order chi connectivity index (χ0) is 11.3. The van der Waals surface area contributed by atoms with Gasteiger partial charge in [-0.05, 0) is 47.0 Å². The summed E-state index contributed by atoms with van der Waals surface area (Å²) in [4.78, 5) is 5.15. The monoisotopic (exact) mass is 213 g/mol. The Balaban J connectivity index is 2.56.